The summed E-state index contributed by atoms with van der Waals surface area (Å²) in [4.78, 5) is 25.9. The predicted molar refractivity (Wildman–Crippen MR) is 106 cm³/mol. The lowest BCUT2D eigenvalue weighted by Gasteiger charge is -2.08. The molecule has 0 spiro atoms. The first-order chi connectivity index (χ1) is 13.4. The number of amides is 1. The molecule has 0 unspecified atom stereocenters. The van der Waals surface area contributed by atoms with Crippen molar-refractivity contribution < 1.29 is 4.79 Å². The molecule has 3 aromatic heterocycles. The fourth-order valence-corrected chi connectivity index (χ4v) is 3.31. The Labute approximate surface area is 162 Å². The number of para-hydroxylation sites is 2. The molecule has 28 heavy (non-hydrogen) atoms. The Morgan fingerprint density at radius 1 is 1.07 bits per heavy atom. The van der Waals surface area contributed by atoms with Crippen molar-refractivity contribution in [2.75, 3.05) is 5.43 Å². The monoisotopic (exact) mass is 375 g/mol. The average molecular weight is 375 g/mol. The maximum atomic E-state index is 12.7. The molecule has 0 atom stereocenters. The second-order valence-electron chi connectivity index (χ2n) is 6.83. The van der Waals surface area contributed by atoms with Crippen LogP contribution in [0.15, 0.2) is 36.7 Å². The molecule has 1 amide bonds. The summed E-state index contributed by atoms with van der Waals surface area (Å²) in [5, 5.41) is 4.56. The Kier molecular flexibility index (Phi) is 4.38. The molecule has 0 fully saturated rings. The zero-order valence-corrected chi connectivity index (χ0v) is 16.3. The van der Waals surface area contributed by atoms with Crippen LogP contribution in [-0.4, -0.2) is 35.3 Å². The molecule has 0 saturated heterocycles. The van der Waals surface area contributed by atoms with E-state index in [2.05, 4.69) is 25.5 Å². The summed E-state index contributed by atoms with van der Waals surface area (Å²) in [6, 6.07) is 9.56. The summed E-state index contributed by atoms with van der Waals surface area (Å²) in [7, 11) is 0. The summed E-state index contributed by atoms with van der Waals surface area (Å²) in [6.45, 7) is 7.67. The largest absolute Gasteiger partial charge is 0.273 e. The van der Waals surface area contributed by atoms with Crippen LogP contribution in [0.2, 0.25) is 0 Å². The Morgan fingerprint density at radius 2 is 1.79 bits per heavy atom. The number of fused-ring (bicyclic) bond motifs is 1. The van der Waals surface area contributed by atoms with E-state index in [4.69, 9.17) is 0 Å². The number of hydrogen-bond donors (Lipinski definition) is 1. The van der Waals surface area contributed by atoms with Gasteiger partial charge >= 0.3 is 0 Å². The van der Waals surface area contributed by atoms with Crippen LogP contribution in [0.5, 0.6) is 0 Å². The van der Waals surface area contributed by atoms with Crippen molar-refractivity contribution in [2.24, 2.45) is 0 Å². The van der Waals surface area contributed by atoms with E-state index in [9.17, 15) is 4.79 Å². The van der Waals surface area contributed by atoms with Crippen LogP contribution >= 0.6 is 0 Å². The van der Waals surface area contributed by atoms with E-state index < -0.39 is 0 Å². The van der Waals surface area contributed by atoms with Crippen LogP contribution in [0.3, 0.4) is 0 Å². The molecular weight excluding hydrogens is 354 g/mol. The Balaban J connectivity index is 1.60. The van der Waals surface area contributed by atoms with Crippen molar-refractivity contribution in [3.63, 3.8) is 0 Å². The van der Waals surface area contributed by atoms with Crippen molar-refractivity contribution in [1.82, 2.24) is 29.4 Å². The molecule has 0 saturated carbocycles. The number of imidazole rings is 1. The van der Waals surface area contributed by atoms with Gasteiger partial charge in [-0.15, -0.1) is 0 Å². The molecule has 1 N–H and O–H groups in total. The molecule has 0 aliphatic carbocycles. The number of hydrogen-bond acceptors (Lipinski definition) is 5. The first-order valence-electron chi connectivity index (χ1n) is 9.02. The number of aromatic nitrogens is 6. The third-order valence-electron chi connectivity index (χ3n) is 4.64. The van der Waals surface area contributed by atoms with Gasteiger partial charge in [0, 0.05) is 22.6 Å². The van der Waals surface area contributed by atoms with Crippen molar-refractivity contribution in [3.8, 4) is 5.95 Å². The molecule has 0 radical (unpaired) electrons. The number of carbonyl (C=O) groups is 1. The van der Waals surface area contributed by atoms with Crippen LogP contribution < -0.4 is 5.43 Å². The van der Waals surface area contributed by atoms with Crippen LogP contribution in [-0.2, 0) is 11.2 Å². The third-order valence-corrected chi connectivity index (χ3v) is 4.64. The molecule has 0 aliphatic rings. The molecular formula is C20H21N7O. The van der Waals surface area contributed by atoms with E-state index in [1.54, 1.807) is 15.7 Å². The van der Waals surface area contributed by atoms with Gasteiger partial charge in [0.1, 0.15) is 6.33 Å². The fraction of sp³-hybridized carbons (Fsp3) is 0.250. The Bertz CT molecular complexity index is 1170. The first-order valence-corrected chi connectivity index (χ1v) is 9.02. The lowest BCUT2D eigenvalue weighted by molar-refractivity contribution is -0.116. The van der Waals surface area contributed by atoms with Gasteiger partial charge in [0.05, 0.1) is 23.1 Å². The normalized spacial score (nSPS) is 11.1. The summed E-state index contributed by atoms with van der Waals surface area (Å²) in [6.07, 6.45) is 1.81. The van der Waals surface area contributed by atoms with Gasteiger partial charge in [0.15, 0.2) is 0 Å². The van der Waals surface area contributed by atoms with E-state index in [1.807, 2.05) is 58.0 Å². The molecule has 142 valence electrons. The SMILES string of the molecule is Cc1cc(C)nc(-n2nc(C)c(CC(=O)Nn3cnc4ccccc43)c2C)n1. The van der Waals surface area contributed by atoms with Crippen LogP contribution in [0, 0.1) is 27.7 Å². The fourth-order valence-electron chi connectivity index (χ4n) is 3.31. The highest BCUT2D eigenvalue weighted by atomic mass is 16.2. The van der Waals surface area contributed by atoms with Gasteiger partial charge in [-0.05, 0) is 45.9 Å². The lowest BCUT2D eigenvalue weighted by atomic mass is 10.1. The highest BCUT2D eigenvalue weighted by Crippen LogP contribution is 2.18. The van der Waals surface area contributed by atoms with Gasteiger partial charge < -0.3 is 0 Å². The minimum absolute atomic E-state index is 0.143. The summed E-state index contributed by atoms with van der Waals surface area (Å²) in [5.74, 6) is 0.376. The quantitative estimate of drug-likeness (QED) is 0.592. The molecule has 1 aromatic carbocycles. The van der Waals surface area contributed by atoms with Crippen molar-refractivity contribution >= 4 is 16.9 Å². The van der Waals surface area contributed by atoms with Gasteiger partial charge in [-0.2, -0.15) is 5.10 Å². The summed E-state index contributed by atoms with van der Waals surface area (Å²) >= 11 is 0. The number of nitrogens with zero attached hydrogens (tertiary/aromatic N) is 6. The molecule has 0 bridgehead atoms. The van der Waals surface area contributed by atoms with E-state index in [0.717, 1.165) is 39.4 Å². The van der Waals surface area contributed by atoms with Gasteiger partial charge in [-0.25, -0.2) is 24.3 Å². The second-order valence-corrected chi connectivity index (χ2v) is 6.83. The van der Waals surface area contributed by atoms with E-state index >= 15 is 0 Å². The van der Waals surface area contributed by atoms with Crippen LogP contribution in [0.4, 0.5) is 0 Å². The molecule has 3 heterocycles. The molecule has 4 aromatic rings. The lowest BCUT2D eigenvalue weighted by Crippen LogP contribution is -2.24. The highest BCUT2D eigenvalue weighted by Gasteiger charge is 2.18. The Morgan fingerprint density at radius 3 is 2.54 bits per heavy atom. The highest BCUT2D eigenvalue weighted by molar-refractivity contribution is 5.88. The van der Waals surface area contributed by atoms with Gasteiger partial charge in [0.2, 0.25) is 5.91 Å². The minimum Gasteiger partial charge on any atom is -0.273 e. The zero-order valence-electron chi connectivity index (χ0n) is 16.3. The summed E-state index contributed by atoms with van der Waals surface area (Å²) < 4.78 is 3.34. The van der Waals surface area contributed by atoms with Crippen LogP contribution in [0.25, 0.3) is 17.0 Å². The number of rotatable bonds is 4. The Hall–Kier alpha value is -3.55. The zero-order chi connectivity index (χ0) is 19.8. The van der Waals surface area contributed by atoms with Gasteiger partial charge in [-0.1, -0.05) is 12.1 Å². The maximum absolute atomic E-state index is 12.7. The van der Waals surface area contributed by atoms with E-state index in [1.165, 1.54) is 0 Å². The number of nitrogens with one attached hydrogen (secondary N) is 1. The van der Waals surface area contributed by atoms with Crippen molar-refractivity contribution in [1.29, 1.82) is 0 Å². The standard InChI is InChI=1S/C20H21N7O/c1-12-9-13(2)23-20(22-12)27-15(4)16(14(3)24-27)10-19(28)25-26-11-21-17-7-5-6-8-18(17)26/h5-9,11H,10H2,1-4H3,(H,25,28). The topological polar surface area (TPSA) is 90.5 Å². The average Bonchev–Trinajstić information content (AvgIpc) is 3.17. The molecule has 8 nitrogen and oxygen atoms in total. The smallest absolute Gasteiger partial charge is 0.251 e. The van der Waals surface area contributed by atoms with Crippen molar-refractivity contribution in [2.45, 2.75) is 34.1 Å². The van der Waals surface area contributed by atoms with Crippen LogP contribution in [0.1, 0.15) is 28.3 Å². The second kappa shape index (κ2) is 6.88. The number of aryl methyl sites for hydroxylation is 3. The molecule has 0 aliphatic heterocycles. The number of carbonyl (C=O) groups excluding carboxylic acids is 1. The first kappa shape index (κ1) is 17.8. The summed E-state index contributed by atoms with van der Waals surface area (Å²) in [5.41, 5.74) is 8.82. The van der Waals surface area contributed by atoms with E-state index in [0.29, 0.717) is 5.95 Å². The molecule has 8 heteroatoms. The van der Waals surface area contributed by atoms with Crippen molar-refractivity contribution in [3.05, 3.63) is 65.0 Å². The third kappa shape index (κ3) is 3.24. The predicted octanol–water partition coefficient (Wildman–Crippen LogP) is 2.56. The number of benzene rings is 1. The van der Waals surface area contributed by atoms with Gasteiger partial charge in [0.25, 0.3) is 5.95 Å². The minimum atomic E-state index is -0.143. The van der Waals surface area contributed by atoms with Gasteiger partial charge in [-0.3, -0.25) is 10.2 Å². The van der Waals surface area contributed by atoms with E-state index in [-0.39, 0.29) is 12.3 Å². The molecule has 4 rings (SSSR count). The maximum Gasteiger partial charge on any atom is 0.251 e.